The van der Waals surface area contributed by atoms with E-state index in [1.165, 1.54) is 12.5 Å². The van der Waals surface area contributed by atoms with Crippen LogP contribution in [-0.4, -0.2) is 9.52 Å². The lowest BCUT2D eigenvalue weighted by atomic mass is 10.2. The molecule has 0 bridgehead atoms. The van der Waals surface area contributed by atoms with E-state index in [2.05, 4.69) is 34.6 Å². The van der Waals surface area contributed by atoms with Crippen molar-refractivity contribution in [3.8, 4) is 0 Å². The van der Waals surface area contributed by atoms with Gasteiger partial charge in [0.1, 0.15) is 0 Å². The molecule has 0 aliphatic rings. The Kier molecular flexibility index (Phi) is 4.26. The fourth-order valence-electron chi connectivity index (χ4n) is 1.04. The minimum atomic E-state index is 0.207. The van der Waals surface area contributed by atoms with Gasteiger partial charge >= 0.3 is 0 Å². The van der Waals surface area contributed by atoms with Gasteiger partial charge in [0.25, 0.3) is 0 Å². The highest BCUT2D eigenvalue weighted by atomic mass is 28.2. The molecule has 0 aliphatic carbocycles. The Bertz CT molecular complexity index is 79.2. The molecule has 1 heteroatoms. The normalized spacial score (nSPS) is 13.8. The molecule has 62 valence electrons. The topological polar surface area (TPSA) is 0 Å². The predicted molar refractivity (Wildman–Crippen MR) is 52.5 cm³/mol. The summed E-state index contributed by atoms with van der Waals surface area (Å²) in [6.07, 6.45) is 1.45. The van der Waals surface area contributed by atoms with Gasteiger partial charge in [-0.3, -0.25) is 0 Å². The van der Waals surface area contributed by atoms with Crippen molar-refractivity contribution in [2.45, 2.75) is 52.1 Å². The summed E-state index contributed by atoms with van der Waals surface area (Å²) in [5.41, 5.74) is 0. The van der Waals surface area contributed by atoms with Crippen molar-refractivity contribution in [2.75, 3.05) is 0 Å². The average Bonchev–Trinajstić information content (AvgIpc) is 1.59. The molecule has 0 aromatic rings. The standard InChI is InChI=1S/C9H22Si/c1-8(2)6-7-10-9(3,4)5/h8H,6-7,10H2,1-5H3. The number of hydrogen-bond acceptors (Lipinski definition) is 0. The Labute approximate surface area is 68.2 Å². The van der Waals surface area contributed by atoms with Crippen molar-refractivity contribution in [3.05, 3.63) is 0 Å². The zero-order valence-electron chi connectivity index (χ0n) is 8.20. The monoisotopic (exact) mass is 158 g/mol. The zero-order chi connectivity index (χ0) is 8.20. The van der Waals surface area contributed by atoms with Crippen LogP contribution in [0, 0.1) is 5.92 Å². The summed E-state index contributed by atoms with van der Waals surface area (Å²) in [5.74, 6) is 0.912. The lowest BCUT2D eigenvalue weighted by Crippen LogP contribution is -2.08. The van der Waals surface area contributed by atoms with Crippen molar-refractivity contribution in [3.63, 3.8) is 0 Å². The Hall–Kier alpha value is 0.217. The van der Waals surface area contributed by atoms with Crippen LogP contribution in [0.2, 0.25) is 11.1 Å². The fourth-order valence-corrected chi connectivity index (χ4v) is 3.12. The van der Waals surface area contributed by atoms with Crippen molar-refractivity contribution in [1.82, 2.24) is 0 Å². The number of hydrogen-bond donors (Lipinski definition) is 0. The molecule has 0 saturated heterocycles. The van der Waals surface area contributed by atoms with Crippen LogP contribution in [0.25, 0.3) is 0 Å². The average molecular weight is 158 g/mol. The summed E-state index contributed by atoms with van der Waals surface area (Å²) >= 11 is 0. The Morgan fingerprint density at radius 1 is 1.20 bits per heavy atom. The summed E-state index contributed by atoms with van der Waals surface area (Å²) in [6, 6.07) is 1.53. The van der Waals surface area contributed by atoms with Gasteiger partial charge in [0.15, 0.2) is 0 Å². The Morgan fingerprint density at radius 3 is 2.00 bits per heavy atom. The third-order valence-corrected chi connectivity index (χ3v) is 3.97. The SMILES string of the molecule is CC(C)CC[SiH2]C(C)(C)C. The first-order valence-electron chi connectivity index (χ1n) is 4.42. The van der Waals surface area contributed by atoms with E-state index < -0.39 is 0 Å². The van der Waals surface area contributed by atoms with Gasteiger partial charge in [-0.15, -0.1) is 0 Å². The minimum absolute atomic E-state index is 0.207. The van der Waals surface area contributed by atoms with E-state index in [-0.39, 0.29) is 9.52 Å². The first kappa shape index (κ1) is 10.2. The summed E-state index contributed by atoms with van der Waals surface area (Å²) in [4.78, 5) is 0. The lowest BCUT2D eigenvalue weighted by molar-refractivity contribution is 0.616. The maximum absolute atomic E-state index is 2.37. The molecule has 0 heterocycles. The van der Waals surface area contributed by atoms with Gasteiger partial charge in [0, 0.05) is 9.52 Å². The summed E-state index contributed by atoms with van der Waals surface area (Å²) in [6.45, 7) is 11.8. The van der Waals surface area contributed by atoms with Crippen molar-refractivity contribution >= 4 is 9.52 Å². The van der Waals surface area contributed by atoms with E-state index in [9.17, 15) is 0 Å². The molecule has 0 aromatic carbocycles. The van der Waals surface area contributed by atoms with Crippen LogP contribution in [0.3, 0.4) is 0 Å². The van der Waals surface area contributed by atoms with Gasteiger partial charge in [-0.2, -0.15) is 0 Å². The zero-order valence-corrected chi connectivity index (χ0v) is 9.61. The first-order chi connectivity index (χ1) is 4.42. The summed E-state index contributed by atoms with van der Waals surface area (Å²) < 4.78 is 0. The lowest BCUT2D eigenvalue weighted by Gasteiger charge is -2.17. The van der Waals surface area contributed by atoms with Crippen molar-refractivity contribution < 1.29 is 0 Å². The van der Waals surface area contributed by atoms with Crippen LogP contribution >= 0.6 is 0 Å². The molecule has 0 saturated carbocycles. The van der Waals surface area contributed by atoms with Gasteiger partial charge in [0.2, 0.25) is 0 Å². The fraction of sp³-hybridized carbons (Fsp3) is 1.00. The van der Waals surface area contributed by atoms with Gasteiger partial charge in [-0.1, -0.05) is 47.1 Å². The smallest absolute Gasteiger partial charge is 0.0260 e. The molecule has 0 rings (SSSR count). The van der Waals surface area contributed by atoms with E-state index in [4.69, 9.17) is 0 Å². The van der Waals surface area contributed by atoms with Crippen LogP contribution in [0.5, 0.6) is 0 Å². The minimum Gasteiger partial charge on any atom is -0.0632 e. The van der Waals surface area contributed by atoms with Crippen LogP contribution in [0.15, 0.2) is 0 Å². The molecule has 0 aromatic heterocycles. The van der Waals surface area contributed by atoms with Gasteiger partial charge in [0.05, 0.1) is 0 Å². The van der Waals surface area contributed by atoms with Crippen LogP contribution in [0.4, 0.5) is 0 Å². The molecule has 0 nitrogen and oxygen atoms in total. The first-order valence-corrected chi connectivity index (χ1v) is 6.12. The molecule has 0 amide bonds. The highest BCUT2D eigenvalue weighted by molar-refractivity contribution is 6.39. The molecule has 0 unspecified atom stereocenters. The Morgan fingerprint density at radius 2 is 1.70 bits per heavy atom. The van der Waals surface area contributed by atoms with Crippen LogP contribution < -0.4 is 0 Å². The molecule has 0 spiro atoms. The highest BCUT2D eigenvalue weighted by Gasteiger charge is 2.09. The predicted octanol–water partition coefficient (Wildman–Crippen LogP) is 2.84. The third kappa shape index (κ3) is 8.22. The van der Waals surface area contributed by atoms with Crippen molar-refractivity contribution in [2.24, 2.45) is 5.92 Å². The van der Waals surface area contributed by atoms with E-state index in [1.807, 2.05) is 0 Å². The molecule has 0 atom stereocenters. The molecular formula is C9H22Si. The second-order valence-corrected chi connectivity index (χ2v) is 8.18. The number of rotatable bonds is 3. The van der Waals surface area contributed by atoms with E-state index in [1.54, 1.807) is 0 Å². The van der Waals surface area contributed by atoms with Crippen LogP contribution in [-0.2, 0) is 0 Å². The maximum atomic E-state index is 2.37. The van der Waals surface area contributed by atoms with E-state index in [0.717, 1.165) is 5.92 Å². The molecule has 0 N–H and O–H groups in total. The Balaban J connectivity index is 3.21. The summed E-state index contributed by atoms with van der Waals surface area (Å²) in [7, 11) is 0.207. The van der Waals surface area contributed by atoms with Crippen molar-refractivity contribution in [1.29, 1.82) is 0 Å². The molecule has 10 heavy (non-hydrogen) atoms. The van der Waals surface area contributed by atoms with Gasteiger partial charge in [-0.05, 0) is 11.0 Å². The van der Waals surface area contributed by atoms with E-state index in [0.29, 0.717) is 5.04 Å². The molecule has 0 radical (unpaired) electrons. The summed E-state index contributed by atoms with van der Waals surface area (Å²) in [5, 5.41) is 0.675. The second kappa shape index (κ2) is 4.17. The molecule has 0 aliphatic heterocycles. The molecular weight excluding hydrogens is 136 g/mol. The highest BCUT2D eigenvalue weighted by Crippen LogP contribution is 2.22. The second-order valence-electron chi connectivity index (χ2n) is 4.85. The van der Waals surface area contributed by atoms with Crippen LogP contribution in [0.1, 0.15) is 41.0 Å². The van der Waals surface area contributed by atoms with E-state index >= 15 is 0 Å². The molecule has 0 fully saturated rings. The van der Waals surface area contributed by atoms with Gasteiger partial charge < -0.3 is 0 Å². The quantitative estimate of drug-likeness (QED) is 0.554. The largest absolute Gasteiger partial charge is 0.0632 e. The van der Waals surface area contributed by atoms with Gasteiger partial charge in [-0.25, -0.2) is 0 Å². The maximum Gasteiger partial charge on any atom is 0.0260 e. The third-order valence-electron chi connectivity index (χ3n) is 1.71.